The van der Waals surface area contributed by atoms with Crippen molar-refractivity contribution in [3.63, 3.8) is 0 Å². The molecule has 2 aromatic rings. The average Bonchev–Trinajstić information content (AvgIpc) is 3.10. The van der Waals surface area contributed by atoms with Crippen molar-refractivity contribution in [3.05, 3.63) is 66.3 Å². The van der Waals surface area contributed by atoms with Gasteiger partial charge >= 0.3 is 0 Å². The third kappa shape index (κ3) is 3.59. The molecule has 26 heavy (non-hydrogen) atoms. The maximum Gasteiger partial charge on any atom is 0.271 e. The number of fused-ring (bicyclic) bond motifs is 1. The Bertz CT molecular complexity index is 1060. The molecular formula is C20H22N2OS3. The van der Waals surface area contributed by atoms with Crippen molar-refractivity contribution in [2.75, 3.05) is 11.9 Å². The molecule has 2 heterocycles. The highest BCUT2D eigenvalue weighted by Crippen LogP contribution is 2.45. The van der Waals surface area contributed by atoms with Gasteiger partial charge in [-0.05, 0) is 50.0 Å². The van der Waals surface area contributed by atoms with E-state index in [1.165, 1.54) is 16.1 Å². The molecule has 1 aliphatic rings. The van der Waals surface area contributed by atoms with Gasteiger partial charge in [-0.2, -0.15) is 0 Å². The summed E-state index contributed by atoms with van der Waals surface area (Å²) in [5.74, 6) is 0. The Morgan fingerprint density at radius 2 is 2.15 bits per heavy atom. The highest BCUT2D eigenvalue weighted by Gasteiger charge is 2.24. The summed E-state index contributed by atoms with van der Waals surface area (Å²) in [5, 5.41) is 3.00. The van der Waals surface area contributed by atoms with Crippen LogP contribution in [0.5, 0.6) is 0 Å². The number of rotatable bonds is 4. The van der Waals surface area contributed by atoms with Crippen LogP contribution in [0.4, 0.5) is 5.69 Å². The van der Waals surface area contributed by atoms with Crippen molar-refractivity contribution >= 4 is 51.7 Å². The van der Waals surface area contributed by atoms with Gasteiger partial charge in [-0.15, -0.1) is 11.3 Å². The minimum Gasteiger partial charge on any atom is -0.337 e. The van der Waals surface area contributed by atoms with Gasteiger partial charge in [0.25, 0.3) is 5.56 Å². The van der Waals surface area contributed by atoms with E-state index in [0.29, 0.717) is 6.54 Å². The van der Waals surface area contributed by atoms with E-state index in [2.05, 4.69) is 36.6 Å². The molecule has 0 amide bonds. The molecule has 136 valence electrons. The quantitative estimate of drug-likeness (QED) is 0.769. The molecule has 1 aromatic carbocycles. The third-order valence-corrected chi connectivity index (χ3v) is 7.36. The molecule has 0 fully saturated rings. The van der Waals surface area contributed by atoms with Crippen LogP contribution in [0.3, 0.4) is 0 Å². The zero-order valence-electron chi connectivity index (χ0n) is 15.4. The SMILES string of the molecule is C=C(/C=c1\s/c(=C2/Sc3ccc(C)cc3N2C)c(=O)n1CC)S/C=C\C. The molecule has 1 aliphatic heterocycles. The van der Waals surface area contributed by atoms with Crippen LogP contribution in [0, 0.1) is 6.92 Å². The topological polar surface area (TPSA) is 25.2 Å². The molecule has 0 spiro atoms. The smallest absolute Gasteiger partial charge is 0.271 e. The van der Waals surface area contributed by atoms with E-state index in [4.69, 9.17) is 0 Å². The molecule has 3 nitrogen and oxygen atoms in total. The molecular weight excluding hydrogens is 380 g/mol. The minimum atomic E-state index is 0.0754. The van der Waals surface area contributed by atoms with Gasteiger partial charge in [0, 0.05) is 23.4 Å². The molecule has 3 rings (SSSR count). The van der Waals surface area contributed by atoms with Crippen molar-refractivity contribution in [1.82, 2.24) is 4.57 Å². The summed E-state index contributed by atoms with van der Waals surface area (Å²) < 4.78 is 3.57. The van der Waals surface area contributed by atoms with E-state index in [9.17, 15) is 4.79 Å². The monoisotopic (exact) mass is 402 g/mol. The van der Waals surface area contributed by atoms with Gasteiger partial charge in [0.05, 0.1) is 10.4 Å². The second-order valence-electron chi connectivity index (χ2n) is 5.95. The Balaban J connectivity index is 2.16. The molecule has 6 heteroatoms. The third-order valence-electron chi connectivity index (χ3n) is 4.05. The first-order chi connectivity index (χ1) is 12.5. The number of aromatic nitrogens is 1. The number of thioether (sulfide) groups is 2. The molecule has 1 aromatic heterocycles. The molecule has 0 saturated carbocycles. The molecule has 0 N–H and O–H groups in total. The Labute approximate surface area is 166 Å². The lowest BCUT2D eigenvalue weighted by Gasteiger charge is -2.12. The average molecular weight is 403 g/mol. The summed E-state index contributed by atoms with van der Waals surface area (Å²) in [6.45, 7) is 10.8. The van der Waals surface area contributed by atoms with Gasteiger partial charge in [0.2, 0.25) is 0 Å². The van der Waals surface area contributed by atoms with Crippen LogP contribution in [-0.2, 0) is 6.54 Å². The van der Waals surface area contributed by atoms with Crippen molar-refractivity contribution in [3.8, 4) is 0 Å². The van der Waals surface area contributed by atoms with Crippen molar-refractivity contribution < 1.29 is 0 Å². The lowest BCUT2D eigenvalue weighted by Crippen LogP contribution is -2.33. The summed E-state index contributed by atoms with van der Waals surface area (Å²) in [6.07, 6.45) is 3.98. The lowest BCUT2D eigenvalue weighted by molar-refractivity contribution is 0.723. The van der Waals surface area contributed by atoms with Crippen molar-refractivity contribution in [1.29, 1.82) is 0 Å². The summed E-state index contributed by atoms with van der Waals surface area (Å²) in [5.41, 5.74) is 2.46. The fraction of sp³-hybridized carbons (Fsp3) is 0.250. The van der Waals surface area contributed by atoms with Crippen LogP contribution >= 0.6 is 34.9 Å². The summed E-state index contributed by atoms with van der Waals surface area (Å²) >= 11 is 4.79. The van der Waals surface area contributed by atoms with Gasteiger partial charge in [0.15, 0.2) is 0 Å². The molecule has 0 radical (unpaired) electrons. The zero-order chi connectivity index (χ0) is 18.8. The number of allylic oxidation sites excluding steroid dienone is 2. The first kappa shape index (κ1) is 19.1. The zero-order valence-corrected chi connectivity index (χ0v) is 17.9. The van der Waals surface area contributed by atoms with E-state index in [1.807, 2.05) is 43.0 Å². The van der Waals surface area contributed by atoms with Gasteiger partial charge in [-0.25, -0.2) is 0 Å². The fourth-order valence-electron chi connectivity index (χ4n) is 2.75. The Morgan fingerprint density at radius 3 is 2.85 bits per heavy atom. The van der Waals surface area contributed by atoms with Crippen LogP contribution in [0.25, 0.3) is 11.1 Å². The van der Waals surface area contributed by atoms with Gasteiger partial charge < -0.3 is 4.90 Å². The van der Waals surface area contributed by atoms with Crippen LogP contribution in [-0.4, -0.2) is 11.6 Å². The first-order valence-corrected chi connectivity index (χ1v) is 10.9. The second-order valence-corrected chi connectivity index (χ2v) is 9.05. The normalized spacial score (nSPS) is 16.6. The summed E-state index contributed by atoms with van der Waals surface area (Å²) in [7, 11) is 2.03. The number of anilines is 1. The number of hydrogen-bond donors (Lipinski definition) is 0. The van der Waals surface area contributed by atoms with E-state index in [-0.39, 0.29) is 5.56 Å². The maximum absolute atomic E-state index is 13.0. The number of aryl methyl sites for hydroxylation is 1. The summed E-state index contributed by atoms with van der Waals surface area (Å²) in [4.78, 5) is 17.3. The Kier molecular flexibility index (Phi) is 5.85. The van der Waals surface area contributed by atoms with E-state index < -0.39 is 0 Å². The lowest BCUT2D eigenvalue weighted by atomic mass is 10.2. The number of hydrogen-bond acceptors (Lipinski definition) is 5. The van der Waals surface area contributed by atoms with Gasteiger partial charge in [0.1, 0.15) is 9.56 Å². The van der Waals surface area contributed by atoms with Crippen LogP contribution in [0.1, 0.15) is 19.4 Å². The predicted molar refractivity (Wildman–Crippen MR) is 118 cm³/mol. The van der Waals surface area contributed by atoms with Crippen LogP contribution in [0.2, 0.25) is 0 Å². The highest BCUT2D eigenvalue weighted by atomic mass is 32.2. The standard InChI is InChI=1S/C20H22N2OS3/c1-6-10-24-14(4)12-17-22(7-2)19(23)18(26-17)20-21(5)15-11-13(3)8-9-16(15)25-20/h6,8-12H,4,7H2,1-3,5H3/b10-6-,17-12-,20-18+. The van der Waals surface area contributed by atoms with Crippen LogP contribution in [0.15, 0.2) is 50.9 Å². The van der Waals surface area contributed by atoms with Crippen molar-refractivity contribution in [2.24, 2.45) is 0 Å². The largest absolute Gasteiger partial charge is 0.337 e. The van der Waals surface area contributed by atoms with E-state index in [1.54, 1.807) is 34.9 Å². The van der Waals surface area contributed by atoms with Gasteiger partial charge in [-0.3, -0.25) is 9.36 Å². The van der Waals surface area contributed by atoms with E-state index >= 15 is 0 Å². The number of benzene rings is 1. The minimum absolute atomic E-state index is 0.0754. The molecule has 0 unspecified atom stereocenters. The van der Waals surface area contributed by atoms with Crippen molar-refractivity contribution in [2.45, 2.75) is 32.2 Å². The molecule has 0 atom stereocenters. The fourth-order valence-corrected chi connectivity index (χ4v) is 5.78. The molecule has 0 bridgehead atoms. The number of nitrogens with zero attached hydrogens (tertiary/aromatic N) is 2. The van der Waals surface area contributed by atoms with Gasteiger partial charge in [-0.1, -0.05) is 42.2 Å². The first-order valence-electron chi connectivity index (χ1n) is 8.41. The maximum atomic E-state index is 13.0. The van der Waals surface area contributed by atoms with Crippen LogP contribution < -0.4 is 19.7 Å². The molecule has 0 saturated heterocycles. The predicted octanol–water partition coefficient (Wildman–Crippen LogP) is 4.11. The Morgan fingerprint density at radius 1 is 1.38 bits per heavy atom. The highest BCUT2D eigenvalue weighted by molar-refractivity contribution is 8.08. The number of thiazole rings is 1. The second kappa shape index (κ2) is 7.94. The Hall–Kier alpha value is -1.63. The molecule has 0 aliphatic carbocycles. The van der Waals surface area contributed by atoms with E-state index in [0.717, 1.165) is 19.1 Å². The summed E-state index contributed by atoms with van der Waals surface area (Å²) in [6, 6.07) is 6.42.